The zero-order chi connectivity index (χ0) is 51.4. The molecule has 0 aromatic rings. The smallest absolute Gasteiger partial charge is 0.305 e. The maximum atomic E-state index is 12.5. The number of aliphatic hydroxyl groups excluding tert-OH is 2. The molecule has 0 fully saturated rings. The SMILES string of the molecule is CCCCCCCC/C=C\CCCCCCCCCC(=O)OCCCCCCCCCCCCCCCCCCCCCCCC(=O)NC(CO)C(O)CCCCCCCCCCCCCCCCCC. The van der Waals surface area contributed by atoms with Crippen molar-refractivity contribution in [1.82, 2.24) is 5.32 Å². The Hall–Kier alpha value is -1.40. The zero-order valence-electron chi connectivity index (χ0n) is 48.2. The average molecular weight is 1000 g/mol. The summed E-state index contributed by atoms with van der Waals surface area (Å²) >= 11 is 0. The maximum Gasteiger partial charge on any atom is 0.305 e. The summed E-state index contributed by atoms with van der Waals surface area (Å²) in [7, 11) is 0. The number of carbonyl (C=O) groups excluding carboxylic acids is 2. The van der Waals surface area contributed by atoms with Crippen molar-refractivity contribution in [2.75, 3.05) is 13.2 Å². The lowest BCUT2D eigenvalue weighted by Crippen LogP contribution is -2.45. The van der Waals surface area contributed by atoms with Gasteiger partial charge in [0.25, 0.3) is 0 Å². The van der Waals surface area contributed by atoms with E-state index in [0.717, 1.165) is 44.9 Å². The fraction of sp³-hybridized carbons (Fsp3) is 0.938. The van der Waals surface area contributed by atoms with Crippen molar-refractivity contribution in [3.63, 3.8) is 0 Å². The highest BCUT2D eigenvalue weighted by molar-refractivity contribution is 5.76. The summed E-state index contributed by atoms with van der Waals surface area (Å²) in [5.74, 6) is -0.0232. The van der Waals surface area contributed by atoms with Gasteiger partial charge in [-0.1, -0.05) is 315 Å². The predicted molar refractivity (Wildman–Crippen MR) is 310 cm³/mol. The number of esters is 1. The summed E-state index contributed by atoms with van der Waals surface area (Å²) in [4.78, 5) is 24.6. The van der Waals surface area contributed by atoms with Gasteiger partial charge in [0, 0.05) is 12.8 Å². The molecular formula is C65H127NO5. The molecule has 0 radical (unpaired) electrons. The van der Waals surface area contributed by atoms with Gasteiger partial charge in [0.05, 0.1) is 25.4 Å². The molecule has 1 amide bonds. The first-order chi connectivity index (χ1) is 35.0. The summed E-state index contributed by atoms with van der Waals surface area (Å²) in [6.07, 6.45) is 73.7. The summed E-state index contributed by atoms with van der Waals surface area (Å²) < 4.78 is 5.50. The van der Waals surface area contributed by atoms with Crippen LogP contribution in [0.3, 0.4) is 0 Å². The van der Waals surface area contributed by atoms with Gasteiger partial charge >= 0.3 is 5.97 Å². The van der Waals surface area contributed by atoms with E-state index >= 15 is 0 Å². The molecular weight excluding hydrogens is 875 g/mol. The number of unbranched alkanes of at least 4 members (excludes halogenated alkanes) is 48. The summed E-state index contributed by atoms with van der Waals surface area (Å²) in [5.41, 5.74) is 0. The first kappa shape index (κ1) is 69.6. The minimum Gasteiger partial charge on any atom is -0.466 e. The van der Waals surface area contributed by atoms with E-state index in [2.05, 4.69) is 31.3 Å². The van der Waals surface area contributed by atoms with E-state index in [4.69, 9.17) is 4.74 Å². The molecule has 0 spiro atoms. The molecule has 0 rings (SSSR count). The van der Waals surface area contributed by atoms with E-state index in [1.54, 1.807) is 0 Å². The van der Waals surface area contributed by atoms with Crippen molar-refractivity contribution in [2.24, 2.45) is 0 Å². The van der Waals surface area contributed by atoms with Gasteiger partial charge in [-0.15, -0.1) is 0 Å². The zero-order valence-corrected chi connectivity index (χ0v) is 48.2. The molecule has 0 heterocycles. The molecule has 0 bridgehead atoms. The first-order valence-electron chi connectivity index (χ1n) is 32.4. The van der Waals surface area contributed by atoms with Crippen LogP contribution in [0, 0.1) is 0 Å². The second kappa shape index (κ2) is 61.1. The molecule has 6 heteroatoms. The Kier molecular flexibility index (Phi) is 59.9. The van der Waals surface area contributed by atoms with Crippen LogP contribution in [0.5, 0.6) is 0 Å². The monoisotopic (exact) mass is 1000 g/mol. The quantitative estimate of drug-likeness (QED) is 0.0320. The van der Waals surface area contributed by atoms with Crippen LogP contribution in [0.1, 0.15) is 367 Å². The average Bonchev–Trinajstić information content (AvgIpc) is 3.37. The predicted octanol–water partition coefficient (Wildman–Crippen LogP) is 20.4. The number of hydrogen-bond donors (Lipinski definition) is 3. The van der Waals surface area contributed by atoms with Crippen LogP contribution >= 0.6 is 0 Å². The van der Waals surface area contributed by atoms with E-state index in [-0.39, 0.29) is 18.5 Å². The summed E-state index contributed by atoms with van der Waals surface area (Å²) in [5, 5.41) is 23.3. The number of rotatable bonds is 61. The molecule has 2 unspecified atom stereocenters. The van der Waals surface area contributed by atoms with Crippen LogP contribution in [0.15, 0.2) is 12.2 Å². The topological polar surface area (TPSA) is 95.9 Å². The van der Waals surface area contributed by atoms with Gasteiger partial charge in [-0.3, -0.25) is 9.59 Å². The summed E-state index contributed by atoms with van der Waals surface area (Å²) in [6, 6.07) is -0.542. The van der Waals surface area contributed by atoms with Crippen LogP contribution in [-0.2, 0) is 14.3 Å². The standard InChI is InChI=1S/C65H127NO5/c1-3-5-7-9-11-13-15-17-19-26-31-35-39-43-47-51-55-59-65(70)71-60-56-52-48-44-40-36-32-28-25-23-21-22-24-27-30-34-38-42-46-50-54-58-64(69)66-62(61-67)63(68)57-53-49-45-41-37-33-29-20-18-16-14-12-10-8-6-4-2/h17,19,62-63,67-68H,3-16,18,20-61H2,1-2H3,(H,66,69)/b19-17-. The Morgan fingerprint density at radius 2 is 0.662 bits per heavy atom. The molecule has 3 N–H and O–H groups in total. The third kappa shape index (κ3) is 57.7. The first-order valence-corrected chi connectivity index (χ1v) is 32.4. The van der Waals surface area contributed by atoms with Crippen molar-refractivity contribution in [3.05, 3.63) is 12.2 Å². The molecule has 0 aliphatic carbocycles. The van der Waals surface area contributed by atoms with Gasteiger partial charge in [0.15, 0.2) is 0 Å². The molecule has 0 aliphatic heterocycles. The van der Waals surface area contributed by atoms with Gasteiger partial charge in [-0.25, -0.2) is 0 Å². The van der Waals surface area contributed by atoms with Crippen LogP contribution < -0.4 is 5.32 Å². The largest absolute Gasteiger partial charge is 0.466 e. The number of nitrogens with one attached hydrogen (secondary N) is 1. The van der Waals surface area contributed by atoms with Crippen LogP contribution in [0.2, 0.25) is 0 Å². The van der Waals surface area contributed by atoms with E-state index in [0.29, 0.717) is 25.9 Å². The maximum absolute atomic E-state index is 12.5. The number of aliphatic hydroxyl groups is 2. The normalized spacial score (nSPS) is 12.6. The minimum atomic E-state index is -0.664. The van der Waals surface area contributed by atoms with E-state index < -0.39 is 12.1 Å². The Balaban J connectivity index is 3.37. The molecule has 0 saturated heterocycles. The fourth-order valence-corrected chi connectivity index (χ4v) is 10.3. The number of carbonyl (C=O) groups is 2. The molecule has 0 aromatic heterocycles. The van der Waals surface area contributed by atoms with Crippen LogP contribution in [0.4, 0.5) is 0 Å². The number of hydrogen-bond acceptors (Lipinski definition) is 5. The Labute approximate surface area is 444 Å². The van der Waals surface area contributed by atoms with E-state index in [1.165, 1.54) is 289 Å². The van der Waals surface area contributed by atoms with Crippen molar-refractivity contribution in [1.29, 1.82) is 0 Å². The highest BCUT2D eigenvalue weighted by Gasteiger charge is 2.20. The Morgan fingerprint density at radius 3 is 1.00 bits per heavy atom. The number of amides is 1. The lowest BCUT2D eigenvalue weighted by atomic mass is 10.0. The van der Waals surface area contributed by atoms with Crippen molar-refractivity contribution in [2.45, 2.75) is 379 Å². The number of ether oxygens (including phenoxy) is 1. The van der Waals surface area contributed by atoms with Gasteiger partial charge < -0.3 is 20.3 Å². The molecule has 6 nitrogen and oxygen atoms in total. The second-order valence-electron chi connectivity index (χ2n) is 22.5. The molecule has 0 aromatic carbocycles. The van der Waals surface area contributed by atoms with E-state index in [1.807, 2.05) is 0 Å². The van der Waals surface area contributed by atoms with Crippen molar-refractivity contribution >= 4 is 11.9 Å². The van der Waals surface area contributed by atoms with Gasteiger partial charge in [-0.05, 0) is 51.4 Å². The molecule has 0 aliphatic rings. The Bertz CT molecular complexity index is 1060. The lowest BCUT2D eigenvalue weighted by molar-refractivity contribution is -0.143. The fourth-order valence-electron chi connectivity index (χ4n) is 10.3. The highest BCUT2D eigenvalue weighted by atomic mass is 16.5. The number of allylic oxidation sites excluding steroid dienone is 2. The molecule has 422 valence electrons. The lowest BCUT2D eigenvalue weighted by Gasteiger charge is -2.22. The van der Waals surface area contributed by atoms with Crippen molar-refractivity contribution < 1.29 is 24.5 Å². The third-order valence-corrected chi connectivity index (χ3v) is 15.3. The second-order valence-corrected chi connectivity index (χ2v) is 22.5. The van der Waals surface area contributed by atoms with Gasteiger partial charge in [-0.2, -0.15) is 0 Å². The third-order valence-electron chi connectivity index (χ3n) is 15.3. The molecule has 0 saturated carbocycles. The van der Waals surface area contributed by atoms with Crippen molar-refractivity contribution in [3.8, 4) is 0 Å². The summed E-state index contributed by atoms with van der Waals surface area (Å²) in [6.45, 7) is 4.98. The molecule has 71 heavy (non-hydrogen) atoms. The molecule has 2 atom stereocenters. The minimum absolute atomic E-state index is 0.00964. The van der Waals surface area contributed by atoms with Gasteiger partial charge in [0.2, 0.25) is 5.91 Å². The highest BCUT2D eigenvalue weighted by Crippen LogP contribution is 2.18. The van der Waals surface area contributed by atoms with Crippen LogP contribution in [-0.4, -0.2) is 47.4 Å². The van der Waals surface area contributed by atoms with Gasteiger partial charge in [0.1, 0.15) is 0 Å². The van der Waals surface area contributed by atoms with E-state index in [9.17, 15) is 19.8 Å². The van der Waals surface area contributed by atoms with Crippen LogP contribution in [0.25, 0.3) is 0 Å². The Morgan fingerprint density at radius 1 is 0.380 bits per heavy atom.